The molecule has 2 saturated carbocycles. The lowest BCUT2D eigenvalue weighted by molar-refractivity contribution is -0.384. The van der Waals surface area contributed by atoms with Gasteiger partial charge in [-0.2, -0.15) is 5.10 Å². The van der Waals surface area contributed by atoms with E-state index in [1.54, 1.807) is 12.1 Å². The molecule has 0 spiro atoms. The molecule has 0 unspecified atom stereocenters. The van der Waals surface area contributed by atoms with E-state index in [4.69, 9.17) is 12.2 Å². The third kappa shape index (κ3) is 2.66. The van der Waals surface area contributed by atoms with E-state index in [9.17, 15) is 10.1 Å². The Morgan fingerprint density at radius 2 is 2.00 bits per heavy atom. The van der Waals surface area contributed by atoms with Crippen molar-refractivity contribution in [1.82, 2.24) is 5.43 Å². The first-order valence-electron chi connectivity index (χ1n) is 8.12. The van der Waals surface area contributed by atoms with Crippen LogP contribution in [-0.2, 0) is 0 Å². The van der Waals surface area contributed by atoms with Crippen LogP contribution in [0.4, 0.5) is 11.4 Å². The Bertz CT molecular complexity index is 714. The molecular weight excluding hydrogens is 324 g/mol. The van der Waals surface area contributed by atoms with Gasteiger partial charge in [-0.1, -0.05) is 20.8 Å². The number of nitro benzene ring substituents is 1. The second-order valence-electron chi connectivity index (χ2n) is 7.42. The molecule has 0 radical (unpaired) electrons. The van der Waals surface area contributed by atoms with Gasteiger partial charge in [-0.15, -0.1) is 0 Å². The minimum absolute atomic E-state index is 0.0526. The second-order valence-corrected chi connectivity index (χ2v) is 7.83. The van der Waals surface area contributed by atoms with Crippen molar-refractivity contribution in [2.24, 2.45) is 21.8 Å². The Labute approximate surface area is 146 Å². The molecule has 0 amide bonds. The van der Waals surface area contributed by atoms with E-state index in [0.717, 1.165) is 6.42 Å². The largest absolute Gasteiger partial charge is 0.331 e. The molecule has 24 heavy (non-hydrogen) atoms. The van der Waals surface area contributed by atoms with Gasteiger partial charge in [0.15, 0.2) is 5.11 Å². The summed E-state index contributed by atoms with van der Waals surface area (Å²) in [5, 5.41) is 18.6. The van der Waals surface area contributed by atoms with Gasteiger partial charge < -0.3 is 5.32 Å². The first-order valence-corrected chi connectivity index (χ1v) is 8.53. The van der Waals surface area contributed by atoms with Crippen molar-refractivity contribution in [3.05, 3.63) is 34.4 Å². The summed E-state index contributed by atoms with van der Waals surface area (Å²) in [6.45, 7) is 6.97. The average Bonchev–Trinajstić information content (AvgIpc) is 2.86. The van der Waals surface area contributed by atoms with Crippen LogP contribution in [0.5, 0.6) is 0 Å². The maximum absolute atomic E-state index is 10.7. The predicted octanol–water partition coefficient (Wildman–Crippen LogP) is 4.08. The molecule has 2 atom stereocenters. The van der Waals surface area contributed by atoms with Crippen molar-refractivity contribution in [2.45, 2.75) is 40.0 Å². The molecular formula is C17H22N4O2S. The van der Waals surface area contributed by atoms with Crippen LogP contribution in [0.25, 0.3) is 0 Å². The number of rotatable bonds is 3. The van der Waals surface area contributed by atoms with E-state index < -0.39 is 4.92 Å². The van der Waals surface area contributed by atoms with Crippen molar-refractivity contribution < 1.29 is 4.92 Å². The number of fused-ring (bicyclic) bond motifs is 2. The number of non-ortho nitro benzene ring substituents is 1. The summed E-state index contributed by atoms with van der Waals surface area (Å²) in [5.41, 5.74) is 5.28. The summed E-state index contributed by atoms with van der Waals surface area (Å²) < 4.78 is 0. The zero-order valence-corrected chi connectivity index (χ0v) is 14.9. The van der Waals surface area contributed by atoms with Gasteiger partial charge >= 0.3 is 0 Å². The maximum atomic E-state index is 10.7. The lowest BCUT2D eigenvalue weighted by Crippen LogP contribution is -2.34. The monoisotopic (exact) mass is 346 g/mol. The molecule has 2 aliphatic carbocycles. The van der Waals surface area contributed by atoms with Gasteiger partial charge in [0.1, 0.15) is 0 Å². The van der Waals surface area contributed by atoms with E-state index in [0.29, 0.717) is 16.7 Å². The number of hydrogen-bond donors (Lipinski definition) is 2. The van der Waals surface area contributed by atoms with E-state index in [1.165, 1.54) is 30.7 Å². The molecule has 2 bridgehead atoms. The summed E-state index contributed by atoms with van der Waals surface area (Å²) in [5.74, 6) is 0.694. The highest BCUT2D eigenvalue weighted by molar-refractivity contribution is 7.80. The summed E-state index contributed by atoms with van der Waals surface area (Å²) in [4.78, 5) is 10.2. The van der Waals surface area contributed by atoms with Gasteiger partial charge in [-0.05, 0) is 54.9 Å². The second kappa shape index (κ2) is 5.81. The minimum Gasteiger partial charge on any atom is -0.331 e. The Morgan fingerprint density at radius 3 is 2.50 bits per heavy atom. The summed E-state index contributed by atoms with van der Waals surface area (Å²) >= 11 is 5.27. The van der Waals surface area contributed by atoms with E-state index in [2.05, 4.69) is 36.6 Å². The predicted molar refractivity (Wildman–Crippen MR) is 99.1 cm³/mol. The quantitative estimate of drug-likeness (QED) is 0.490. The average molecular weight is 346 g/mol. The molecule has 0 aromatic heterocycles. The summed E-state index contributed by atoms with van der Waals surface area (Å²) in [7, 11) is 0. The molecule has 2 aliphatic rings. The lowest BCUT2D eigenvalue weighted by atomic mass is 9.70. The zero-order chi connectivity index (χ0) is 17.5. The van der Waals surface area contributed by atoms with Crippen LogP contribution in [0.15, 0.2) is 29.4 Å². The Hall–Kier alpha value is -2.02. The molecule has 2 N–H and O–H groups in total. The van der Waals surface area contributed by atoms with Gasteiger partial charge in [-0.25, -0.2) is 0 Å². The minimum atomic E-state index is -0.427. The number of thiocarbonyl (C=S) groups is 1. The number of nitrogens with one attached hydrogen (secondary N) is 2. The van der Waals surface area contributed by atoms with E-state index >= 15 is 0 Å². The number of benzene rings is 1. The Balaban J connectivity index is 1.63. The number of nitrogens with zero attached hydrogens (tertiary/aromatic N) is 2. The van der Waals surface area contributed by atoms with Crippen LogP contribution in [-0.4, -0.2) is 15.7 Å². The molecule has 3 rings (SSSR count). The van der Waals surface area contributed by atoms with Crippen LogP contribution in [0.2, 0.25) is 0 Å². The van der Waals surface area contributed by atoms with E-state index in [-0.39, 0.29) is 16.5 Å². The van der Waals surface area contributed by atoms with Crippen molar-refractivity contribution in [3.8, 4) is 0 Å². The standard InChI is InChI=1S/C17H22N4O2S/c1-16(2)11-8-9-17(16,3)14(10-11)19-20-15(24)18-12-4-6-13(7-5-12)21(22)23/h4-7,11H,8-10H2,1-3H3,(H2,18,20,24)/b19-14+/t11-,17-/m0/s1. The topological polar surface area (TPSA) is 79.6 Å². The lowest BCUT2D eigenvalue weighted by Gasteiger charge is -2.34. The third-order valence-corrected chi connectivity index (χ3v) is 6.33. The van der Waals surface area contributed by atoms with Gasteiger partial charge in [-0.3, -0.25) is 15.5 Å². The van der Waals surface area contributed by atoms with Crippen LogP contribution in [0.3, 0.4) is 0 Å². The first-order chi connectivity index (χ1) is 11.2. The van der Waals surface area contributed by atoms with Crippen molar-refractivity contribution >= 4 is 34.4 Å². The van der Waals surface area contributed by atoms with Crippen molar-refractivity contribution in [3.63, 3.8) is 0 Å². The molecule has 2 fully saturated rings. The third-order valence-electron chi connectivity index (χ3n) is 6.14. The molecule has 7 heteroatoms. The highest BCUT2D eigenvalue weighted by Gasteiger charge is 2.59. The highest BCUT2D eigenvalue weighted by atomic mass is 32.1. The van der Waals surface area contributed by atoms with Gasteiger partial charge in [0, 0.05) is 28.9 Å². The number of hydrogen-bond acceptors (Lipinski definition) is 4. The van der Waals surface area contributed by atoms with Gasteiger partial charge in [0.25, 0.3) is 5.69 Å². The van der Waals surface area contributed by atoms with Crippen LogP contribution < -0.4 is 10.7 Å². The zero-order valence-electron chi connectivity index (χ0n) is 14.1. The Morgan fingerprint density at radius 1 is 1.33 bits per heavy atom. The summed E-state index contributed by atoms with van der Waals surface area (Å²) in [6.07, 6.45) is 3.47. The summed E-state index contributed by atoms with van der Waals surface area (Å²) in [6, 6.07) is 6.13. The fourth-order valence-electron chi connectivity index (χ4n) is 4.04. The maximum Gasteiger partial charge on any atom is 0.269 e. The number of nitro groups is 1. The molecule has 0 aliphatic heterocycles. The molecule has 128 valence electrons. The van der Waals surface area contributed by atoms with Crippen LogP contribution >= 0.6 is 12.2 Å². The van der Waals surface area contributed by atoms with Gasteiger partial charge in [0.05, 0.1) is 4.92 Å². The fraction of sp³-hybridized carbons (Fsp3) is 0.529. The smallest absolute Gasteiger partial charge is 0.269 e. The highest BCUT2D eigenvalue weighted by Crippen LogP contribution is 2.63. The fourth-order valence-corrected chi connectivity index (χ4v) is 4.20. The van der Waals surface area contributed by atoms with Crippen molar-refractivity contribution in [1.29, 1.82) is 0 Å². The first kappa shape index (κ1) is 16.8. The Kier molecular flexibility index (Phi) is 4.07. The molecule has 6 nitrogen and oxygen atoms in total. The SMILES string of the molecule is CC1(C)[C@H]2CC[C@@]1(C)/C(=N/NC(=S)Nc1ccc([N+](=O)[O-])cc1)C2. The normalized spacial score (nSPS) is 28.8. The number of hydrazone groups is 1. The molecule has 0 saturated heterocycles. The molecule has 0 heterocycles. The van der Waals surface area contributed by atoms with E-state index in [1.807, 2.05) is 0 Å². The molecule has 1 aromatic carbocycles. The van der Waals surface area contributed by atoms with Gasteiger partial charge in [0.2, 0.25) is 0 Å². The van der Waals surface area contributed by atoms with Crippen LogP contribution in [0, 0.1) is 26.9 Å². The van der Waals surface area contributed by atoms with Crippen molar-refractivity contribution in [2.75, 3.05) is 5.32 Å². The van der Waals surface area contributed by atoms with Crippen LogP contribution in [0.1, 0.15) is 40.0 Å². The number of anilines is 1. The molecule has 1 aromatic rings.